The van der Waals surface area contributed by atoms with Crippen molar-refractivity contribution in [3.05, 3.63) is 41.7 Å². The molecule has 0 fully saturated rings. The molecule has 0 aliphatic heterocycles. The number of ether oxygens (including phenoxy) is 1. The number of benzene rings is 1. The maximum absolute atomic E-state index is 5.45. The van der Waals surface area contributed by atoms with E-state index in [-0.39, 0.29) is 0 Å². The Balaban J connectivity index is 2.21. The number of anilines is 3. The van der Waals surface area contributed by atoms with Crippen molar-refractivity contribution in [2.24, 2.45) is 5.84 Å². The fourth-order valence-corrected chi connectivity index (χ4v) is 1.91. The molecule has 0 saturated carbocycles. The fraction of sp³-hybridized carbons (Fsp3) is 0.333. The summed E-state index contributed by atoms with van der Waals surface area (Å²) >= 11 is 0. The van der Waals surface area contributed by atoms with Gasteiger partial charge in [-0.25, -0.2) is 15.8 Å². The van der Waals surface area contributed by atoms with Gasteiger partial charge in [0.05, 0.1) is 0 Å². The second-order valence-electron chi connectivity index (χ2n) is 4.52. The van der Waals surface area contributed by atoms with E-state index < -0.39 is 0 Å². The van der Waals surface area contributed by atoms with Gasteiger partial charge in [-0.15, -0.1) is 0 Å². The second-order valence-corrected chi connectivity index (χ2v) is 4.52. The van der Waals surface area contributed by atoms with E-state index in [0.717, 1.165) is 12.1 Å². The van der Waals surface area contributed by atoms with E-state index in [1.54, 1.807) is 6.07 Å². The number of nitrogens with one attached hydrogen (secondary N) is 2. The molecular formula is C15H21N5O. The predicted octanol–water partition coefficient (Wildman–Crippen LogP) is 2.60. The zero-order chi connectivity index (χ0) is 15.1. The van der Waals surface area contributed by atoms with Crippen molar-refractivity contribution >= 4 is 17.3 Å². The van der Waals surface area contributed by atoms with E-state index in [4.69, 9.17) is 10.6 Å². The molecule has 0 aliphatic rings. The Morgan fingerprint density at radius 2 is 1.95 bits per heavy atom. The summed E-state index contributed by atoms with van der Waals surface area (Å²) in [5.41, 5.74) is 4.80. The topological polar surface area (TPSA) is 85.1 Å². The summed E-state index contributed by atoms with van der Waals surface area (Å²) in [7, 11) is 0. The van der Waals surface area contributed by atoms with Crippen LogP contribution in [0.15, 0.2) is 30.3 Å². The molecule has 112 valence electrons. The van der Waals surface area contributed by atoms with E-state index in [0.29, 0.717) is 30.7 Å². The van der Waals surface area contributed by atoms with Crippen molar-refractivity contribution in [2.75, 3.05) is 17.3 Å². The van der Waals surface area contributed by atoms with E-state index in [2.05, 4.69) is 39.8 Å². The normalized spacial score (nSPS) is 10.4. The molecular weight excluding hydrogens is 266 g/mol. The molecule has 0 amide bonds. The highest BCUT2D eigenvalue weighted by Gasteiger charge is 2.05. The molecule has 1 aromatic heterocycles. The van der Waals surface area contributed by atoms with Gasteiger partial charge in [0.15, 0.2) is 5.82 Å². The van der Waals surface area contributed by atoms with E-state index >= 15 is 0 Å². The quantitative estimate of drug-likeness (QED) is 0.536. The number of rotatable bonds is 7. The van der Waals surface area contributed by atoms with Gasteiger partial charge in [0.2, 0.25) is 0 Å². The van der Waals surface area contributed by atoms with Crippen molar-refractivity contribution in [3.8, 4) is 0 Å². The summed E-state index contributed by atoms with van der Waals surface area (Å²) < 4.78 is 5.34. The molecule has 4 N–H and O–H groups in total. The minimum atomic E-state index is 0.357. The largest absolute Gasteiger partial charge is 0.374 e. The van der Waals surface area contributed by atoms with Crippen LogP contribution in [0.25, 0.3) is 0 Å². The van der Waals surface area contributed by atoms with Crippen molar-refractivity contribution < 1.29 is 4.74 Å². The Kier molecular flexibility index (Phi) is 5.48. The molecule has 6 heteroatoms. The molecule has 0 spiro atoms. The number of nitrogen functional groups attached to an aromatic ring is 1. The average Bonchev–Trinajstić information content (AvgIpc) is 2.52. The zero-order valence-electron chi connectivity index (χ0n) is 12.4. The minimum absolute atomic E-state index is 0.357. The number of hydrogen-bond donors (Lipinski definition) is 3. The molecule has 0 aliphatic carbocycles. The molecule has 0 saturated heterocycles. The summed E-state index contributed by atoms with van der Waals surface area (Å²) in [4.78, 5) is 8.68. The van der Waals surface area contributed by atoms with Gasteiger partial charge in [-0.05, 0) is 31.0 Å². The molecule has 21 heavy (non-hydrogen) atoms. The van der Waals surface area contributed by atoms with Crippen molar-refractivity contribution in [1.82, 2.24) is 9.97 Å². The second kappa shape index (κ2) is 7.56. The van der Waals surface area contributed by atoms with Crippen molar-refractivity contribution in [3.63, 3.8) is 0 Å². The molecule has 1 heterocycles. The molecule has 0 atom stereocenters. The first-order valence-electron chi connectivity index (χ1n) is 7.03. The maximum atomic E-state index is 5.45. The van der Waals surface area contributed by atoms with Crippen LogP contribution in [0.4, 0.5) is 17.3 Å². The first-order valence-corrected chi connectivity index (χ1v) is 7.03. The summed E-state index contributed by atoms with van der Waals surface area (Å²) in [6, 6.07) is 9.97. The van der Waals surface area contributed by atoms with Gasteiger partial charge in [0.25, 0.3) is 0 Å². The van der Waals surface area contributed by atoms with Gasteiger partial charge in [-0.1, -0.05) is 19.1 Å². The first-order chi connectivity index (χ1) is 10.2. The van der Waals surface area contributed by atoms with Crippen molar-refractivity contribution in [1.29, 1.82) is 0 Å². The van der Waals surface area contributed by atoms with E-state index in [1.807, 2.05) is 19.1 Å². The standard InChI is InChI=1S/C15H21N5O/c1-3-11-6-5-7-12(8-11)17-13-9-14(20-16)19-15(18-13)10-21-4-2/h5-9H,3-4,10,16H2,1-2H3,(H2,17,18,19,20). The lowest BCUT2D eigenvalue weighted by molar-refractivity contribution is 0.128. The molecule has 2 rings (SSSR count). The Labute approximate surface area is 124 Å². The number of hydrogen-bond acceptors (Lipinski definition) is 6. The van der Waals surface area contributed by atoms with Crippen LogP contribution in [0, 0.1) is 0 Å². The van der Waals surface area contributed by atoms with Crippen LogP contribution in [0.1, 0.15) is 25.2 Å². The van der Waals surface area contributed by atoms with Crippen molar-refractivity contribution in [2.45, 2.75) is 26.9 Å². The highest BCUT2D eigenvalue weighted by atomic mass is 16.5. The summed E-state index contributed by atoms with van der Waals surface area (Å²) in [5, 5.41) is 3.27. The lowest BCUT2D eigenvalue weighted by Gasteiger charge is -2.10. The van der Waals surface area contributed by atoms with Crippen LogP contribution in [-0.2, 0) is 17.8 Å². The van der Waals surface area contributed by atoms with Gasteiger partial charge in [-0.2, -0.15) is 0 Å². The minimum Gasteiger partial charge on any atom is -0.374 e. The van der Waals surface area contributed by atoms with Gasteiger partial charge < -0.3 is 15.5 Å². The highest BCUT2D eigenvalue weighted by molar-refractivity contribution is 5.59. The van der Waals surface area contributed by atoms with Crippen LogP contribution in [-0.4, -0.2) is 16.6 Å². The number of aromatic nitrogens is 2. The maximum Gasteiger partial charge on any atom is 0.158 e. The Morgan fingerprint density at radius 1 is 1.14 bits per heavy atom. The summed E-state index contributed by atoms with van der Waals surface area (Å²) in [5.74, 6) is 7.26. The third-order valence-corrected chi connectivity index (χ3v) is 2.96. The molecule has 0 bridgehead atoms. The number of aryl methyl sites for hydroxylation is 1. The highest BCUT2D eigenvalue weighted by Crippen LogP contribution is 2.18. The smallest absolute Gasteiger partial charge is 0.158 e. The molecule has 0 radical (unpaired) electrons. The molecule has 6 nitrogen and oxygen atoms in total. The fourth-order valence-electron chi connectivity index (χ4n) is 1.91. The van der Waals surface area contributed by atoms with Gasteiger partial charge in [0.1, 0.15) is 18.2 Å². The van der Waals surface area contributed by atoms with Gasteiger partial charge >= 0.3 is 0 Å². The SMILES string of the molecule is CCOCc1nc(NN)cc(Nc2cccc(CC)c2)n1. The monoisotopic (exact) mass is 287 g/mol. The van der Waals surface area contributed by atoms with Crippen LogP contribution < -0.4 is 16.6 Å². The Morgan fingerprint density at radius 3 is 2.67 bits per heavy atom. The first kappa shape index (κ1) is 15.2. The lowest BCUT2D eigenvalue weighted by atomic mass is 10.1. The molecule has 0 unspecified atom stereocenters. The summed E-state index contributed by atoms with van der Waals surface area (Å²) in [6.45, 7) is 5.03. The number of nitrogens with two attached hydrogens (primary N) is 1. The van der Waals surface area contributed by atoms with Crippen LogP contribution in [0.3, 0.4) is 0 Å². The van der Waals surface area contributed by atoms with E-state index in [1.165, 1.54) is 5.56 Å². The van der Waals surface area contributed by atoms with Crippen LogP contribution in [0.5, 0.6) is 0 Å². The third kappa shape index (κ3) is 4.40. The Bertz CT molecular complexity index is 588. The zero-order valence-corrected chi connectivity index (χ0v) is 12.4. The van der Waals surface area contributed by atoms with Gasteiger partial charge in [-0.3, -0.25) is 0 Å². The van der Waals surface area contributed by atoms with Crippen LogP contribution >= 0.6 is 0 Å². The third-order valence-electron chi connectivity index (χ3n) is 2.96. The van der Waals surface area contributed by atoms with Gasteiger partial charge in [0, 0.05) is 18.4 Å². The number of nitrogens with zero attached hydrogens (tertiary/aromatic N) is 2. The van der Waals surface area contributed by atoms with E-state index in [9.17, 15) is 0 Å². The average molecular weight is 287 g/mol. The lowest BCUT2D eigenvalue weighted by Crippen LogP contribution is -2.12. The Hall–Kier alpha value is -2.18. The number of hydrazine groups is 1. The van der Waals surface area contributed by atoms with Crippen LogP contribution in [0.2, 0.25) is 0 Å². The summed E-state index contributed by atoms with van der Waals surface area (Å²) in [6.07, 6.45) is 0.991. The molecule has 2 aromatic rings. The predicted molar refractivity (Wildman–Crippen MR) is 84.3 cm³/mol. The molecule has 1 aromatic carbocycles.